The largest absolute Gasteiger partial charge is 0.333 e. The van der Waals surface area contributed by atoms with E-state index in [1.165, 1.54) is 0 Å². The highest BCUT2D eigenvalue weighted by molar-refractivity contribution is 7.11. The van der Waals surface area contributed by atoms with Crippen LogP contribution in [0.1, 0.15) is 46.4 Å². The van der Waals surface area contributed by atoms with Crippen LogP contribution in [0.15, 0.2) is 12.4 Å². The van der Waals surface area contributed by atoms with Crippen molar-refractivity contribution >= 4 is 17.4 Å². The Kier molecular flexibility index (Phi) is 4.42. The Morgan fingerprint density at radius 2 is 2.36 bits per heavy atom. The lowest BCUT2D eigenvalue weighted by molar-refractivity contribution is 0.151. The molecule has 2 amide bonds. The van der Waals surface area contributed by atoms with Gasteiger partial charge in [-0.15, -0.1) is 11.3 Å². The predicted octanol–water partition coefficient (Wildman–Crippen LogP) is 2.92. The quantitative estimate of drug-likeness (QED) is 0.913. The summed E-state index contributed by atoms with van der Waals surface area (Å²) in [6.45, 7) is 5.32. The molecule has 7 heteroatoms. The van der Waals surface area contributed by atoms with Crippen LogP contribution in [0.4, 0.5) is 4.79 Å². The van der Waals surface area contributed by atoms with Gasteiger partial charge in [0.05, 0.1) is 29.5 Å². The highest BCUT2D eigenvalue weighted by Gasteiger charge is 2.28. The molecule has 22 heavy (non-hydrogen) atoms. The van der Waals surface area contributed by atoms with Crippen molar-refractivity contribution in [1.82, 2.24) is 25.4 Å². The number of aromatic nitrogens is 3. The average Bonchev–Trinajstić information content (AvgIpc) is 3.14. The maximum atomic E-state index is 12.6. The minimum atomic E-state index is -0.00338. The SMILES string of the molecule is Cc1nc(C)c(CNC(=O)N2CCCCC2c2cn[nH]c2)s1. The lowest BCUT2D eigenvalue weighted by Gasteiger charge is -2.35. The van der Waals surface area contributed by atoms with E-state index in [2.05, 4.69) is 20.5 Å². The van der Waals surface area contributed by atoms with Gasteiger partial charge in [0.15, 0.2) is 0 Å². The number of H-pyrrole nitrogens is 1. The second kappa shape index (κ2) is 6.48. The van der Waals surface area contributed by atoms with Gasteiger partial charge in [-0.05, 0) is 33.1 Å². The van der Waals surface area contributed by atoms with E-state index >= 15 is 0 Å². The number of urea groups is 1. The van der Waals surface area contributed by atoms with Crippen LogP contribution in [0.5, 0.6) is 0 Å². The lowest BCUT2D eigenvalue weighted by atomic mass is 9.98. The molecule has 0 aromatic carbocycles. The second-order valence-electron chi connectivity index (χ2n) is 5.64. The molecule has 0 spiro atoms. The highest BCUT2D eigenvalue weighted by atomic mass is 32.1. The molecule has 0 aliphatic carbocycles. The number of carbonyl (C=O) groups excluding carboxylic acids is 1. The van der Waals surface area contributed by atoms with Crippen LogP contribution < -0.4 is 5.32 Å². The van der Waals surface area contributed by atoms with E-state index in [0.29, 0.717) is 6.54 Å². The van der Waals surface area contributed by atoms with Gasteiger partial charge in [0.25, 0.3) is 0 Å². The van der Waals surface area contributed by atoms with E-state index in [9.17, 15) is 4.79 Å². The molecule has 1 fully saturated rings. The monoisotopic (exact) mass is 319 g/mol. The van der Waals surface area contributed by atoms with Gasteiger partial charge in [0.1, 0.15) is 0 Å². The van der Waals surface area contributed by atoms with Crippen LogP contribution in [0.3, 0.4) is 0 Å². The van der Waals surface area contributed by atoms with Gasteiger partial charge in [0.2, 0.25) is 0 Å². The van der Waals surface area contributed by atoms with Gasteiger partial charge < -0.3 is 10.2 Å². The van der Waals surface area contributed by atoms with Crippen molar-refractivity contribution < 1.29 is 4.79 Å². The molecule has 3 heterocycles. The molecule has 3 rings (SSSR count). The summed E-state index contributed by atoms with van der Waals surface area (Å²) < 4.78 is 0. The summed E-state index contributed by atoms with van der Waals surface area (Å²) in [5.41, 5.74) is 2.09. The van der Waals surface area contributed by atoms with E-state index in [1.807, 2.05) is 31.1 Å². The first kappa shape index (κ1) is 15.0. The Bertz CT molecular complexity index is 636. The summed E-state index contributed by atoms with van der Waals surface area (Å²) >= 11 is 1.64. The Labute approximate surface area is 133 Å². The van der Waals surface area contributed by atoms with Crippen molar-refractivity contribution in [2.75, 3.05) is 6.54 Å². The molecule has 1 atom stereocenters. The second-order valence-corrected chi connectivity index (χ2v) is 6.92. The summed E-state index contributed by atoms with van der Waals surface area (Å²) in [7, 11) is 0. The zero-order valence-corrected chi connectivity index (χ0v) is 13.7. The molecule has 6 nitrogen and oxygen atoms in total. The number of rotatable bonds is 3. The number of amides is 2. The first-order chi connectivity index (χ1) is 10.6. The summed E-state index contributed by atoms with van der Waals surface area (Å²) in [5, 5.41) is 10.9. The summed E-state index contributed by atoms with van der Waals surface area (Å²) in [6, 6.07) is 0.119. The van der Waals surface area contributed by atoms with E-state index in [-0.39, 0.29) is 12.1 Å². The average molecular weight is 319 g/mol. The van der Waals surface area contributed by atoms with Gasteiger partial charge >= 0.3 is 6.03 Å². The van der Waals surface area contributed by atoms with E-state index in [0.717, 1.165) is 46.9 Å². The fourth-order valence-corrected chi connectivity index (χ4v) is 3.84. The zero-order chi connectivity index (χ0) is 15.5. The fourth-order valence-electron chi connectivity index (χ4n) is 2.96. The third kappa shape index (κ3) is 3.14. The van der Waals surface area contributed by atoms with E-state index in [1.54, 1.807) is 11.3 Å². The van der Waals surface area contributed by atoms with Gasteiger partial charge in [0, 0.05) is 23.2 Å². The Morgan fingerprint density at radius 3 is 3.05 bits per heavy atom. The maximum Gasteiger partial charge on any atom is 0.318 e. The molecule has 1 aliphatic rings. The number of nitrogens with zero attached hydrogens (tertiary/aromatic N) is 3. The number of piperidine rings is 1. The molecule has 2 N–H and O–H groups in total. The maximum absolute atomic E-state index is 12.6. The molecular formula is C15H21N5OS. The molecular weight excluding hydrogens is 298 g/mol. The molecule has 0 radical (unpaired) electrons. The smallest absolute Gasteiger partial charge is 0.318 e. The Hall–Kier alpha value is -1.89. The molecule has 1 aliphatic heterocycles. The first-order valence-electron chi connectivity index (χ1n) is 7.61. The summed E-state index contributed by atoms with van der Waals surface area (Å²) in [6.07, 6.45) is 6.89. The topological polar surface area (TPSA) is 73.9 Å². The number of carbonyl (C=O) groups is 1. The van der Waals surface area contributed by atoms with Crippen molar-refractivity contribution in [3.05, 3.63) is 33.5 Å². The number of likely N-dealkylation sites (tertiary alicyclic amines) is 1. The fraction of sp³-hybridized carbons (Fsp3) is 0.533. The molecule has 2 aromatic rings. The molecule has 0 bridgehead atoms. The minimum Gasteiger partial charge on any atom is -0.333 e. The van der Waals surface area contributed by atoms with E-state index in [4.69, 9.17) is 0 Å². The number of hydrogen-bond donors (Lipinski definition) is 2. The molecule has 1 saturated heterocycles. The van der Waals surface area contributed by atoms with Crippen LogP contribution in [0.25, 0.3) is 0 Å². The van der Waals surface area contributed by atoms with Crippen LogP contribution in [0.2, 0.25) is 0 Å². The molecule has 1 unspecified atom stereocenters. The van der Waals surface area contributed by atoms with Crippen LogP contribution in [-0.2, 0) is 6.54 Å². The summed E-state index contributed by atoms with van der Waals surface area (Å²) in [5.74, 6) is 0. The third-order valence-corrected chi connectivity index (χ3v) is 5.14. The third-order valence-electron chi connectivity index (χ3n) is 4.07. The number of thiazole rings is 1. The number of aryl methyl sites for hydroxylation is 2. The predicted molar refractivity (Wildman–Crippen MR) is 85.7 cm³/mol. The van der Waals surface area contributed by atoms with Crippen molar-refractivity contribution in [1.29, 1.82) is 0 Å². The van der Waals surface area contributed by atoms with Crippen LogP contribution in [-0.4, -0.2) is 32.7 Å². The number of hydrogen-bond acceptors (Lipinski definition) is 4. The highest BCUT2D eigenvalue weighted by Crippen LogP contribution is 2.30. The van der Waals surface area contributed by atoms with Gasteiger partial charge in [-0.3, -0.25) is 5.10 Å². The first-order valence-corrected chi connectivity index (χ1v) is 8.43. The van der Waals surface area contributed by atoms with E-state index < -0.39 is 0 Å². The normalized spacial score (nSPS) is 18.5. The van der Waals surface area contributed by atoms with Gasteiger partial charge in [-0.1, -0.05) is 0 Å². The zero-order valence-electron chi connectivity index (χ0n) is 12.9. The molecule has 2 aromatic heterocycles. The van der Waals surface area contributed by atoms with Crippen LogP contribution >= 0.6 is 11.3 Å². The summed E-state index contributed by atoms with van der Waals surface area (Å²) in [4.78, 5) is 20.0. The van der Waals surface area contributed by atoms with Gasteiger partial charge in [-0.25, -0.2) is 9.78 Å². The number of nitrogens with one attached hydrogen (secondary N) is 2. The minimum absolute atomic E-state index is 0.00338. The molecule has 118 valence electrons. The lowest BCUT2D eigenvalue weighted by Crippen LogP contribution is -2.44. The standard InChI is InChI=1S/C15H21N5OS/c1-10-14(22-11(2)19-10)9-16-15(21)20-6-4-3-5-13(20)12-7-17-18-8-12/h7-8,13H,3-6,9H2,1-2H3,(H,16,21)(H,17,18). The van der Waals surface area contributed by atoms with Crippen molar-refractivity contribution in [2.45, 2.75) is 45.7 Å². The Morgan fingerprint density at radius 1 is 1.50 bits per heavy atom. The molecule has 0 saturated carbocycles. The number of aromatic amines is 1. The van der Waals surface area contributed by atoms with Gasteiger partial charge in [-0.2, -0.15) is 5.10 Å². The van der Waals surface area contributed by atoms with Crippen molar-refractivity contribution in [3.8, 4) is 0 Å². The van der Waals surface area contributed by atoms with Crippen molar-refractivity contribution in [3.63, 3.8) is 0 Å². The van der Waals surface area contributed by atoms with Crippen molar-refractivity contribution in [2.24, 2.45) is 0 Å². The Balaban J connectivity index is 1.66. The van der Waals surface area contributed by atoms with Crippen LogP contribution in [0, 0.1) is 13.8 Å².